The smallest absolute Gasteiger partial charge is 0.264 e. The van der Waals surface area contributed by atoms with Crippen LogP contribution in [0.4, 0.5) is 0 Å². The summed E-state index contributed by atoms with van der Waals surface area (Å²) in [4.78, 5) is 22.7. The average Bonchev–Trinajstić information content (AvgIpc) is 3.36. The van der Waals surface area contributed by atoms with Crippen molar-refractivity contribution in [3.8, 4) is 10.6 Å². The zero-order valence-corrected chi connectivity index (χ0v) is 16.4. The minimum absolute atomic E-state index is 0.106. The molecule has 0 unspecified atom stereocenters. The largest absolute Gasteiger partial charge is 0.340 e. The zero-order valence-electron chi connectivity index (χ0n) is 14.7. The molecule has 4 rings (SSSR count). The standard InChI is InChI=1S/C18H20N4O2S2/c1-11-14(26-16(19-11)13-6-9-25-10-13)15(23)21-18(7-4-3-5-8-18)17-20-12(2)24-22-17/h6,9-10H,3-5,7-8H2,1-2H3,(H,21,23). The Morgan fingerprint density at radius 1 is 1.23 bits per heavy atom. The molecule has 0 bridgehead atoms. The predicted octanol–water partition coefficient (Wildman–Crippen LogP) is 4.46. The lowest BCUT2D eigenvalue weighted by Gasteiger charge is -2.35. The number of thiazole rings is 1. The van der Waals surface area contributed by atoms with Crippen LogP contribution < -0.4 is 5.32 Å². The highest BCUT2D eigenvalue weighted by Crippen LogP contribution is 2.37. The minimum atomic E-state index is -0.550. The summed E-state index contributed by atoms with van der Waals surface area (Å²) >= 11 is 3.06. The van der Waals surface area contributed by atoms with E-state index in [1.54, 1.807) is 18.3 Å². The third kappa shape index (κ3) is 3.19. The Morgan fingerprint density at radius 3 is 2.69 bits per heavy atom. The number of hydrogen-bond acceptors (Lipinski definition) is 7. The normalized spacial score (nSPS) is 16.5. The van der Waals surface area contributed by atoms with E-state index in [4.69, 9.17) is 4.52 Å². The molecule has 0 atom stereocenters. The second kappa shape index (κ2) is 6.92. The van der Waals surface area contributed by atoms with Gasteiger partial charge in [-0.25, -0.2) is 4.98 Å². The molecule has 1 N–H and O–H groups in total. The van der Waals surface area contributed by atoms with E-state index in [-0.39, 0.29) is 5.91 Å². The van der Waals surface area contributed by atoms with Gasteiger partial charge in [0.25, 0.3) is 5.91 Å². The number of aromatic nitrogens is 3. The Labute approximate surface area is 159 Å². The number of carbonyl (C=O) groups excluding carboxylic acids is 1. The van der Waals surface area contributed by atoms with Gasteiger partial charge in [0.05, 0.1) is 5.69 Å². The number of aryl methyl sites for hydroxylation is 2. The van der Waals surface area contributed by atoms with Gasteiger partial charge in [0, 0.05) is 17.9 Å². The molecule has 26 heavy (non-hydrogen) atoms. The molecule has 1 aliphatic carbocycles. The molecule has 1 saturated carbocycles. The van der Waals surface area contributed by atoms with Gasteiger partial charge < -0.3 is 9.84 Å². The van der Waals surface area contributed by atoms with Gasteiger partial charge in [-0.3, -0.25) is 4.79 Å². The summed E-state index contributed by atoms with van der Waals surface area (Å²) in [7, 11) is 0. The highest BCUT2D eigenvalue weighted by molar-refractivity contribution is 7.17. The van der Waals surface area contributed by atoms with Gasteiger partial charge in [-0.2, -0.15) is 16.3 Å². The van der Waals surface area contributed by atoms with Crippen molar-refractivity contribution in [2.24, 2.45) is 0 Å². The number of amides is 1. The van der Waals surface area contributed by atoms with E-state index in [1.165, 1.54) is 11.3 Å². The first-order valence-corrected chi connectivity index (χ1v) is 10.5. The van der Waals surface area contributed by atoms with Crippen LogP contribution >= 0.6 is 22.7 Å². The molecule has 0 spiro atoms. The molecule has 1 fully saturated rings. The summed E-state index contributed by atoms with van der Waals surface area (Å²) in [6.45, 7) is 3.66. The van der Waals surface area contributed by atoms with Crippen LogP contribution in [0.3, 0.4) is 0 Å². The Balaban J connectivity index is 1.63. The first kappa shape index (κ1) is 17.4. The van der Waals surface area contributed by atoms with Crippen LogP contribution in [0.25, 0.3) is 10.6 Å². The number of rotatable bonds is 4. The highest BCUT2D eigenvalue weighted by Gasteiger charge is 2.40. The second-order valence-corrected chi connectivity index (χ2v) is 8.46. The summed E-state index contributed by atoms with van der Waals surface area (Å²) < 4.78 is 5.19. The second-order valence-electron chi connectivity index (χ2n) is 6.68. The summed E-state index contributed by atoms with van der Waals surface area (Å²) in [5, 5.41) is 12.3. The summed E-state index contributed by atoms with van der Waals surface area (Å²) in [5.41, 5.74) is 1.26. The maximum Gasteiger partial charge on any atom is 0.264 e. The maximum atomic E-state index is 13.1. The van der Waals surface area contributed by atoms with E-state index in [9.17, 15) is 4.79 Å². The number of nitrogens with zero attached hydrogens (tertiary/aromatic N) is 3. The Kier molecular flexibility index (Phi) is 4.62. The lowest BCUT2D eigenvalue weighted by Crippen LogP contribution is -2.48. The number of hydrogen-bond donors (Lipinski definition) is 1. The third-order valence-corrected chi connectivity index (χ3v) is 6.67. The fraction of sp³-hybridized carbons (Fsp3) is 0.444. The van der Waals surface area contributed by atoms with Gasteiger partial charge in [0.2, 0.25) is 5.89 Å². The quantitative estimate of drug-likeness (QED) is 0.713. The van der Waals surface area contributed by atoms with E-state index >= 15 is 0 Å². The fourth-order valence-electron chi connectivity index (χ4n) is 3.44. The first-order valence-electron chi connectivity index (χ1n) is 8.71. The Bertz CT molecular complexity index is 908. The summed E-state index contributed by atoms with van der Waals surface area (Å²) in [5.74, 6) is 1.00. The highest BCUT2D eigenvalue weighted by atomic mass is 32.1. The van der Waals surface area contributed by atoms with Crippen LogP contribution in [0.1, 0.15) is 59.2 Å². The zero-order chi connectivity index (χ0) is 18.1. The third-order valence-electron chi connectivity index (χ3n) is 4.79. The number of carbonyl (C=O) groups is 1. The van der Waals surface area contributed by atoms with Crippen LogP contribution in [-0.2, 0) is 5.54 Å². The van der Waals surface area contributed by atoms with Gasteiger partial charge in [-0.1, -0.05) is 24.4 Å². The van der Waals surface area contributed by atoms with Gasteiger partial charge in [0.15, 0.2) is 5.82 Å². The van der Waals surface area contributed by atoms with Crippen molar-refractivity contribution >= 4 is 28.6 Å². The van der Waals surface area contributed by atoms with Crippen molar-refractivity contribution in [3.05, 3.63) is 39.1 Å². The van der Waals surface area contributed by atoms with E-state index in [1.807, 2.05) is 23.8 Å². The minimum Gasteiger partial charge on any atom is -0.340 e. The molecule has 8 heteroatoms. The van der Waals surface area contributed by atoms with Crippen molar-refractivity contribution < 1.29 is 9.32 Å². The van der Waals surface area contributed by atoms with Crippen LogP contribution in [-0.4, -0.2) is 21.0 Å². The van der Waals surface area contributed by atoms with Crippen LogP contribution in [0, 0.1) is 13.8 Å². The monoisotopic (exact) mass is 388 g/mol. The van der Waals surface area contributed by atoms with Gasteiger partial charge >= 0.3 is 0 Å². The van der Waals surface area contributed by atoms with Crippen LogP contribution in [0.15, 0.2) is 21.3 Å². The van der Waals surface area contributed by atoms with Gasteiger partial charge in [0.1, 0.15) is 15.4 Å². The number of thiophene rings is 1. The van der Waals surface area contributed by atoms with Crippen molar-refractivity contribution in [2.45, 2.75) is 51.5 Å². The lowest BCUT2D eigenvalue weighted by atomic mass is 9.81. The molecule has 0 radical (unpaired) electrons. The Morgan fingerprint density at radius 2 is 2.04 bits per heavy atom. The molecule has 1 aliphatic rings. The molecular weight excluding hydrogens is 368 g/mol. The Hall–Kier alpha value is -2.06. The molecule has 3 aromatic rings. The van der Waals surface area contributed by atoms with E-state index in [0.717, 1.165) is 48.4 Å². The van der Waals surface area contributed by atoms with Gasteiger partial charge in [-0.05, 0) is 31.2 Å². The number of nitrogens with one attached hydrogen (secondary N) is 1. The van der Waals surface area contributed by atoms with E-state index in [0.29, 0.717) is 16.6 Å². The first-order chi connectivity index (χ1) is 12.6. The van der Waals surface area contributed by atoms with Crippen molar-refractivity contribution in [2.75, 3.05) is 0 Å². The molecule has 6 nitrogen and oxygen atoms in total. The predicted molar refractivity (Wildman–Crippen MR) is 101 cm³/mol. The molecular formula is C18H20N4O2S2. The molecule has 0 aliphatic heterocycles. The molecule has 1 amide bonds. The molecule has 3 aromatic heterocycles. The van der Waals surface area contributed by atoms with Crippen molar-refractivity contribution in [1.29, 1.82) is 0 Å². The van der Waals surface area contributed by atoms with E-state index < -0.39 is 5.54 Å². The summed E-state index contributed by atoms with van der Waals surface area (Å²) in [6, 6.07) is 2.02. The van der Waals surface area contributed by atoms with E-state index in [2.05, 4.69) is 20.4 Å². The fourth-order valence-corrected chi connectivity index (χ4v) is 5.12. The van der Waals surface area contributed by atoms with Crippen molar-refractivity contribution in [1.82, 2.24) is 20.4 Å². The van der Waals surface area contributed by atoms with Crippen LogP contribution in [0.2, 0.25) is 0 Å². The molecule has 0 aromatic carbocycles. The lowest BCUT2D eigenvalue weighted by molar-refractivity contribution is 0.0859. The SMILES string of the molecule is Cc1nc(C2(NC(=O)c3sc(-c4ccsc4)nc3C)CCCCC2)no1. The summed E-state index contributed by atoms with van der Waals surface area (Å²) in [6.07, 6.45) is 4.89. The maximum absolute atomic E-state index is 13.1. The van der Waals surface area contributed by atoms with Crippen molar-refractivity contribution in [3.63, 3.8) is 0 Å². The topological polar surface area (TPSA) is 80.9 Å². The van der Waals surface area contributed by atoms with Gasteiger partial charge in [-0.15, -0.1) is 11.3 Å². The molecule has 3 heterocycles. The average molecular weight is 389 g/mol. The molecule has 136 valence electrons. The van der Waals surface area contributed by atoms with Crippen LogP contribution in [0.5, 0.6) is 0 Å². The molecule has 0 saturated heterocycles.